The molecule has 1 heteroatoms. The van der Waals surface area contributed by atoms with Crippen molar-refractivity contribution in [2.45, 2.75) is 34.1 Å². The molecule has 0 heterocycles. The Labute approximate surface area is 74.6 Å². The third-order valence-electron chi connectivity index (χ3n) is 1.09. The van der Waals surface area contributed by atoms with Gasteiger partial charge < -0.3 is 0 Å². The number of hydrogen-bond donors (Lipinski definition) is 0. The molecule has 0 nitrogen and oxygen atoms in total. The fraction of sp³-hybridized carbons (Fsp3) is 0.600. The van der Waals surface area contributed by atoms with Crippen molar-refractivity contribution in [2.75, 3.05) is 0 Å². The van der Waals surface area contributed by atoms with E-state index in [0.717, 1.165) is 19.3 Å². The van der Waals surface area contributed by atoms with Crippen molar-refractivity contribution >= 4 is 18.4 Å². The average Bonchev–Trinajstić information content (AvgIpc) is 1.85. The molecular formula is C10H16Sn. The second-order valence-corrected chi connectivity index (χ2v) is 17.2. The van der Waals surface area contributed by atoms with Gasteiger partial charge in [0.2, 0.25) is 0 Å². The van der Waals surface area contributed by atoms with Gasteiger partial charge in [0.15, 0.2) is 0 Å². The van der Waals surface area contributed by atoms with Crippen molar-refractivity contribution in [1.29, 1.82) is 0 Å². The van der Waals surface area contributed by atoms with Crippen LogP contribution in [0.4, 0.5) is 0 Å². The van der Waals surface area contributed by atoms with Gasteiger partial charge in [-0.05, 0) is 0 Å². The van der Waals surface area contributed by atoms with Crippen LogP contribution in [0.2, 0.25) is 14.8 Å². The molecule has 0 aromatic rings. The first kappa shape index (κ1) is 10.9. The monoisotopic (exact) mass is 256 g/mol. The first-order valence-electron chi connectivity index (χ1n) is 4.00. The summed E-state index contributed by atoms with van der Waals surface area (Å²) in [5.74, 6) is 5.82. The Morgan fingerprint density at radius 1 is 1.18 bits per heavy atom. The van der Waals surface area contributed by atoms with E-state index in [2.05, 4.69) is 30.6 Å². The third-order valence-corrected chi connectivity index (χ3v) is 3.73. The van der Waals surface area contributed by atoms with Crippen molar-refractivity contribution in [3.8, 4) is 22.2 Å². The zero-order valence-electron chi connectivity index (χ0n) is 7.70. The molecule has 0 aliphatic carbocycles. The molecule has 0 aromatic carbocycles. The van der Waals surface area contributed by atoms with Crippen LogP contribution in [-0.4, -0.2) is 18.4 Å². The number of terminal acetylenes is 1. The summed E-state index contributed by atoms with van der Waals surface area (Å²) in [6.45, 7) is 0. The summed E-state index contributed by atoms with van der Waals surface area (Å²) in [7, 11) is 0. The Hall–Kier alpha value is -0.0813. The van der Waals surface area contributed by atoms with Crippen LogP contribution in [0.1, 0.15) is 19.3 Å². The predicted molar refractivity (Wildman–Crippen MR) is 53.8 cm³/mol. The van der Waals surface area contributed by atoms with Gasteiger partial charge in [0.05, 0.1) is 0 Å². The van der Waals surface area contributed by atoms with E-state index < -0.39 is 18.4 Å². The SMILES string of the molecule is C#CCCCC#[C][Sn]([CH3])([CH3])[CH3]. The van der Waals surface area contributed by atoms with Gasteiger partial charge in [0, 0.05) is 0 Å². The molecule has 0 rings (SSSR count). The molecule has 0 aromatic heterocycles. The van der Waals surface area contributed by atoms with E-state index in [1.165, 1.54) is 0 Å². The Kier molecular flexibility index (Phi) is 5.51. The Morgan fingerprint density at radius 3 is 2.27 bits per heavy atom. The van der Waals surface area contributed by atoms with E-state index in [-0.39, 0.29) is 0 Å². The van der Waals surface area contributed by atoms with Gasteiger partial charge in [-0.3, -0.25) is 0 Å². The number of rotatable bonds is 2. The summed E-state index contributed by atoms with van der Waals surface area (Å²) >= 11 is -1.78. The van der Waals surface area contributed by atoms with Gasteiger partial charge in [0.25, 0.3) is 0 Å². The molecular weight excluding hydrogens is 239 g/mol. The molecule has 0 bridgehead atoms. The number of unbranched alkanes of at least 4 members (excludes halogenated alkanes) is 2. The third kappa shape index (κ3) is 9.92. The quantitative estimate of drug-likeness (QED) is 0.404. The van der Waals surface area contributed by atoms with Gasteiger partial charge in [-0.2, -0.15) is 0 Å². The summed E-state index contributed by atoms with van der Waals surface area (Å²) in [5, 5.41) is 0. The van der Waals surface area contributed by atoms with E-state index in [1.54, 1.807) is 0 Å². The minimum absolute atomic E-state index is 0.869. The zero-order chi connectivity index (χ0) is 8.74. The molecule has 0 atom stereocenters. The van der Waals surface area contributed by atoms with Crippen LogP contribution in [0, 0.1) is 22.2 Å². The molecule has 0 saturated carbocycles. The van der Waals surface area contributed by atoms with Crippen LogP contribution in [0.15, 0.2) is 0 Å². The van der Waals surface area contributed by atoms with Crippen LogP contribution < -0.4 is 0 Å². The zero-order valence-corrected chi connectivity index (χ0v) is 10.6. The first-order valence-corrected chi connectivity index (χ1v) is 14.0. The summed E-state index contributed by atoms with van der Waals surface area (Å²) in [4.78, 5) is 6.97. The fourth-order valence-electron chi connectivity index (χ4n) is 0.607. The van der Waals surface area contributed by atoms with Crippen LogP contribution in [-0.2, 0) is 0 Å². The maximum atomic E-state index is 5.11. The summed E-state index contributed by atoms with van der Waals surface area (Å²) in [5.41, 5.74) is 0. The van der Waals surface area contributed by atoms with E-state index in [9.17, 15) is 0 Å². The molecule has 60 valence electrons. The Balaban J connectivity index is 3.51. The molecule has 0 unspecified atom stereocenters. The van der Waals surface area contributed by atoms with Crippen molar-refractivity contribution in [2.24, 2.45) is 0 Å². The fourth-order valence-corrected chi connectivity index (χ4v) is 2.48. The Morgan fingerprint density at radius 2 is 1.82 bits per heavy atom. The van der Waals surface area contributed by atoms with Crippen molar-refractivity contribution < 1.29 is 0 Å². The van der Waals surface area contributed by atoms with E-state index in [4.69, 9.17) is 6.42 Å². The molecule has 0 saturated heterocycles. The molecule has 11 heavy (non-hydrogen) atoms. The van der Waals surface area contributed by atoms with Gasteiger partial charge in [-0.1, -0.05) is 0 Å². The average molecular weight is 255 g/mol. The number of hydrogen-bond acceptors (Lipinski definition) is 0. The Bertz CT molecular complexity index is 192. The van der Waals surface area contributed by atoms with Gasteiger partial charge in [0.1, 0.15) is 0 Å². The molecule has 0 spiro atoms. The minimum atomic E-state index is -1.78. The van der Waals surface area contributed by atoms with E-state index >= 15 is 0 Å². The van der Waals surface area contributed by atoms with Crippen LogP contribution >= 0.6 is 0 Å². The molecule has 0 aliphatic heterocycles. The standard InChI is InChI=1S/C7H7.3CH3.Sn/c1-3-5-7-6-4-2;;;;/h1H,5-7H2;3*1H3;. The van der Waals surface area contributed by atoms with Gasteiger partial charge in [-0.25, -0.2) is 0 Å². The first-order chi connectivity index (χ1) is 5.06. The van der Waals surface area contributed by atoms with Gasteiger partial charge >= 0.3 is 74.7 Å². The molecule has 0 radical (unpaired) electrons. The van der Waals surface area contributed by atoms with Crippen LogP contribution in [0.3, 0.4) is 0 Å². The van der Waals surface area contributed by atoms with Crippen molar-refractivity contribution in [1.82, 2.24) is 0 Å². The van der Waals surface area contributed by atoms with Gasteiger partial charge in [-0.15, -0.1) is 0 Å². The van der Waals surface area contributed by atoms with Crippen LogP contribution in [0.5, 0.6) is 0 Å². The molecule has 0 N–H and O–H groups in total. The predicted octanol–water partition coefficient (Wildman–Crippen LogP) is 2.67. The van der Waals surface area contributed by atoms with Crippen LogP contribution in [0.25, 0.3) is 0 Å². The normalized spacial score (nSPS) is 9.64. The molecule has 0 fully saturated rings. The van der Waals surface area contributed by atoms with Crippen molar-refractivity contribution in [3.05, 3.63) is 0 Å². The second kappa shape index (κ2) is 5.55. The summed E-state index contributed by atoms with van der Waals surface area (Å²) < 4.78 is 3.37. The van der Waals surface area contributed by atoms with Crippen molar-refractivity contribution in [3.63, 3.8) is 0 Å². The molecule has 0 amide bonds. The van der Waals surface area contributed by atoms with E-state index in [0.29, 0.717) is 0 Å². The second-order valence-electron chi connectivity index (χ2n) is 3.61. The maximum absolute atomic E-state index is 5.11. The summed E-state index contributed by atoms with van der Waals surface area (Å²) in [6.07, 6.45) is 8.03. The van der Waals surface area contributed by atoms with E-state index in [1.807, 2.05) is 0 Å². The topological polar surface area (TPSA) is 0 Å². The summed E-state index contributed by atoms with van der Waals surface area (Å²) in [6, 6.07) is 0. The molecule has 0 aliphatic rings.